The third kappa shape index (κ3) is 1.63. The zero-order valence-corrected chi connectivity index (χ0v) is 10.2. The number of imidazole rings is 1. The number of fused-ring (bicyclic) bond motifs is 1. The average molecular weight is 279 g/mol. The lowest BCUT2D eigenvalue weighted by molar-refractivity contribution is 0.275. The van der Waals surface area contributed by atoms with Crippen molar-refractivity contribution in [1.82, 2.24) is 9.97 Å². The summed E-state index contributed by atoms with van der Waals surface area (Å²) in [6.45, 7) is 0.757. The molecule has 0 fully saturated rings. The molecule has 3 rings (SSSR count). The smallest absolute Gasteiger partial charge is 0.124 e. The molecule has 1 aromatic heterocycles. The summed E-state index contributed by atoms with van der Waals surface area (Å²) >= 11 is 3.46. The quantitative estimate of drug-likeness (QED) is 0.871. The zero-order valence-electron chi connectivity index (χ0n) is 8.61. The maximum atomic E-state index is 5.67. The Balaban J connectivity index is 2.06. The van der Waals surface area contributed by atoms with Crippen molar-refractivity contribution in [2.24, 2.45) is 0 Å². The van der Waals surface area contributed by atoms with Crippen molar-refractivity contribution in [2.75, 3.05) is 6.61 Å². The summed E-state index contributed by atoms with van der Waals surface area (Å²) in [6, 6.07) is 6.19. The number of nitrogens with one attached hydrogen (secondary N) is 1. The summed E-state index contributed by atoms with van der Waals surface area (Å²) in [5, 5.41) is 0. The lowest BCUT2D eigenvalue weighted by Gasteiger charge is -2.25. The van der Waals surface area contributed by atoms with Gasteiger partial charge in [-0.15, -0.1) is 0 Å². The van der Waals surface area contributed by atoms with Gasteiger partial charge < -0.3 is 9.72 Å². The van der Waals surface area contributed by atoms with Gasteiger partial charge in [0.1, 0.15) is 5.75 Å². The Morgan fingerprint density at radius 3 is 3.19 bits per heavy atom. The van der Waals surface area contributed by atoms with Gasteiger partial charge in [-0.2, -0.15) is 0 Å². The predicted molar refractivity (Wildman–Crippen MR) is 64.7 cm³/mol. The monoisotopic (exact) mass is 278 g/mol. The first kappa shape index (κ1) is 9.90. The number of H-pyrrole nitrogens is 1. The average Bonchev–Trinajstić information content (AvgIpc) is 2.81. The largest absolute Gasteiger partial charge is 0.493 e. The minimum absolute atomic E-state index is 0.374. The fourth-order valence-electron chi connectivity index (χ4n) is 2.14. The van der Waals surface area contributed by atoms with Gasteiger partial charge >= 0.3 is 0 Å². The van der Waals surface area contributed by atoms with Crippen molar-refractivity contribution in [2.45, 2.75) is 12.3 Å². The number of hydrogen-bond acceptors (Lipinski definition) is 2. The van der Waals surface area contributed by atoms with Crippen LogP contribution in [0.2, 0.25) is 0 Å². The molecular weight excluding hydrogens is 268 g/mol. The van der Waals surface area contributed by atoms with Gasteiger partial charge in [0.25, 0.3) is 0 Å². The summed E-state index contributed by atoms with van der Waals surface area (Å²) < 4.78 is 6.72. The molecule has 1 atom stereocenters. The predicted octanol–water partition coefficient (Wildman–Crippen LogP) is 3.09. The number of nitrogens with zero attached hydrogens (tertiary/aromatic N) is 1. The third-order valence-corrected chi connectivity index (χ3v) is 3.40. The topological polar surface area (TPSA) is 37.9 Å². The second kappa shape index (κ2) is 3.94. The molecular formula is C12H11BrN2O. The molecule has 1 aromatic carbocycles. The van der Waals surface area contributed by atoms with E-state index >= 15 is 0 Å². The minimum atomic E-state index is 0.374. The molecule has 1 aliphatic rings. The molecule has 0 bridgehead atoms. The van der Waals surface area contributed by atoms with Crippen molar-refractivity contribution in [3.63, 3.8) is 0 Å². The summed E-state index contributed by atoms with van der Waals surface area (Å²) in [4.78, 5) is 7.27. The van der Waals surface area contributed by atoms with Crippen molar-refractivity contribution < 1.29 is 4.74 Å². The Morgan fingerprint density at radius 2 is 2.38 bits per heavy atom. The first-order chi connectivity index (χ1) is 7.84. The van der Waals surface area contributed by atoms with Crippen LogP contribution in [-0.2, 0) is 0 Å². The van der Waals surface area contributed by atoms with E-state index in [1.807, 2.05) is 12.3 Å². The molecule has 0 saturated heterocycles. The summed E-state index contributed by atoms with van der Waals surface area (Å²) in [5.41, 5.74) is 2.39. The Labute approximate surface area is 102 Å². The Bertz CT molecular complexity index is 496. The highest BCUT2D eigenvalue weighted by atomic mass is 79.9. The first-order valence-corrected chi connectivity index (χ1v) is 6.04. The van der Waals surface area contributed by atoms with Crippen molar-refractivity contribution >= 4 is 15.9 Å². The molecule has 1 N–H and O–H groups in total. The third-order valence-electron chi connectivity index (χ3n) is 2.91. The highest BCUT2D eigenvalue weighted by molar-refractivity contribution is 9.10. The number of aromatic amines is 1. The van der Waals surface area contributed by atoms with Crippen LogP contribution >= 0.6 is 15.9 Å². The van der Waals surface area contributed by atoms with Gasteiger partial charge in [0.15, 0.2) is 0 Å². The van der Waals surface area contributed by atoms with Crippen molar-refractivity contribution in [3.8, 4) is 5.75 Å². The minimum Gasteiger partial charge on any atom is -0.493 e. The van der Waals surface area contributed by atoms with Crippen LogP contribution in [-0.4, -0.2) is 16.6 Å². The second-order valence-corrected chi connectivity index (χ2v) is 4.79. The van der Waals surface area contributed by atoms with E-state index in [0.29, 0.717) is 5.92 Å². The number of halogens is 1. The number of benzene rings is 1. The maximum Gasteiger partial charge on any atom is 0.124 e. The number of aromatic nitrogens is 2. The Kier molecular flexibility index (Phi) is 2.44. The van der Waals surface area contributed by atoms with Gasteiger partial charge in [0.05, 0.1) is 12.9 Å². The summed E-state index contributed by atoms with van der Waals surface area (Å²) in [6.07, 6.45) is 4.61. The number of ether oxygens (including phenoxy) is 1. The van der Waals surface area contributed by atoms with Gasteiger partial charge in [-0.25, -0.2) is 4.98 Å². The molecule has 0 amide bonds. The standard InChI is InChI=1S/C12H11BrN2O/c13-8-1-2-10-9(11-6-14-7-15-11)3-4-16-12(10)5-8/h1-2,5-7,9H,3-4H2,(H,14,15). The summed E-state index contributed by atoms with van der Waals surface area (Å²) in [5.74, 6) is 1.35. The van der Waals surface area contributed by atoms with E-state index in [1.165, 1.54) is 5.56 Å². The second-order valence-electron chi connectivity index (χ2n) is 3.88. The van der Waals surface area contributed by atoms with Gasteiger partial charge in [-0.05, 0) is 18.6 Å². The summed E-state index contributed by atoms with van der Waals surface area (Å²) in [7, 11) is 0. The van der Waals surface area contributed by atoms with E-state index < -0.39 is 0 Å². The molecule has 4 heteroatoms. The maximum absolute atomic E-state index is 5.67. The van der Waals surface area contributed by atoms with E-state index in [1.54, 1.807) is 6.33 Å². The fraction of sp³-hybridized carbons (Fsp3) is 0.250. The van der Waals surface area contributed by atoms with Crippen LogP contribution in [0.3, 0.4) is 0 Å². The van der Waals surface area contributed by atoms with Gasteiger partial charge in [0.2, 0.25) is 0 Å². The highest BCUT2D eigenvalue weighted by Gasteiger charge is 2.23. The van der Waals surface area contributed by atoms with Gasteiger partial charge in [-0.1, -0.05) is 22.0 Å². The molecule has 0 saturated carbocycles. The van der Waals surface area contributed by atoms with Crippen LogP contribution in [0, 0.1) is 0 Å². The van der Waals surface area contributed by atoms with Crippen LogP contribution in [0.1, 0.15) is 23.6 Å². The Hall–Kier alpha value is -1.29. The molecule has 1 unspecified atom stereocenters. The van der Waals surface area contributed by atoms with E-state index in [-0.39, 0.29) is 0 Å². The molecule has 0 radical (unpaired) electrons. The van der Waals surface area contributed by atoms with Crippen LogP contribution in [0.5, 0.6) is 5.75 Å². The van der Waals surface area contributed by atoms with Crippen LogP contribution in [0.25, 0.3) is 0 Å². The van der Waals surface area contributed by atoms with E-state index in [4.69, 9.17) is 4.74 Å². The molecule has 3 nitrogen and oxygen atoms in total. The number of rotatable bonds is 1. The van der Waals surface area contributed by atoms with Gasteiger partial charge in [-0.3, -0.25) is 0 Å². The van der Waals surface area contributed by atoms with Crippen LogP contribution < -0.4 is 4.74 Å². The molecule has 0 spiro atoms. The normalized spacial score (nSPS) is 18.9. The Morgan fingerprint density at radius 1 is 1.44 bits per heavy atom. The molecule has 16 heavy (non-hydrogen) atoms. The van der Waals surface area contributed by atoms with E-state index in [0.717, 1.165) is 28.9 Å². The van der Waals surface area contributed by atoms with E-state index in [9.17, 15) is 0 Å². The molecule has 2 aromatic rings. The highest BCUT2D eigenvalue weighted by Crippen LogP contribution is 2.38. The van der Waals surface area contributed by atoms with E-state index in [2.05, 4.69) is 38.0 Å². The lowest BCUT2D eigenvalue weighted by Crippen LogP contribution is -2.15. The molecule has 0 aliphatic carbocycles. The number of hydrogen-bond donors (Lipinski definition) is 1. The zero-order chi connectivity index (χ0) is 11.0. The van der Waals surface area contributed by atoms with Crippen molar-refractivity contribution in [3.05, 3.63) is 46.5 Å². The van der Waals surface area contributed by atoms with Gasteiger partial charge in [0, 0.05) is 27.8 Å². The molecule has 2 heterocycles. The van der Waals surface area contributed by atoms with Crippen LogP contribution in [0.4, 0.5) is 0 Å². The van der Waals surface area contributed by atoms with Crippen LogP contribution in [0.15, 0.2) is 35.2 Å². The lowest BCUT2D eigenvalue weighted by atomic mass is 9.91. The fourth-order valence-corrected chi connectivity index (χ4v) is 2.48. The SMILES string of the molecule is Brc1ccc2c(c1)OCCC2c1cnc[nH]1. The molecule has 82 valence electrons. The first-order valence-electron chi connectivity index (χ1n) is 5.25. The molecule has 1 aliphatic heterocycles. The van der Waals surface area contributed by atoms with Crippen molar-refractivity contribution in [1.29, 1.82) is 0 Å².